The number of nitrogens with zero attached hydrogens (tertiary/aromatic N) is 1. The molecular formula is C17H26N2O5S. The van der Waals surface area contributed by atoms with E-state index < -0.39 is 10.0 Å². The molecule has 0 unspecified atom stereocenters. The number of sulfonamides is 1. The second-order valence-corrected chi connectivity index (χ2v) is 7.80. The van der Waals surface area contributed by atoms with Gasteiger partial charge in [0.2, 0.25) is 15.9 Å². The average molecular weight is 370 g/mol. The van der Waals surface area contributed by atoms with Crippen LogP contribution in [0.25, 0.3) is 0 Å². The Morgan fingerprint density at radius 1 is 1.24 bits per heavy atom. The van der Waals surface area contributed by atoms with E-state index in [0.29, 0.717) is 51.4 Å². The first kappa shape index (κ1) is 19.7. The highest BCUT2D eigenvalue weighted by Crippen LogP contribution is 2.25. The Balaban J connectivity index is 1.93. The van der Waals surface area contributed by atoms with Crippen LogP contribution in [-0.4, -0.2) is 58.6 Å². The molecule has 1 aromatic carbocycles. The Hall–Kier alpha value is -1.64. The number of methoxy groups -OCH3 is 1. The second-order valence-electron chi connectivity index (χ2n) is 5.87. The van der Waals surface area contributed by atoms with Crippen molar-refractivity contribution in [2.45, 2.75) is 24.7 Å². The summed E-state index contributed by atoms with van der Waals surface area (Å²) < 4.78 is 37.1. The molecule has 0 saturated carbocycles. The fraction of sp³-hybridized carbons (Fsp3) is 0.588. The minimum Gasteiger partial charge on any atom is -0.494 e. The van der Waals surface area contributed by atoms with Crippen molar-refractivity contribution in [1.29, 1.82) is 0 Å². The number of carbonyl (C=O) groups is 1. The summed E-state index contributed by atoms with van der Waals surface area (Å²) in [6.07, 6.45) is 1.05. The van der Waals surface area contributed by atoms with E-state index in [4.69, 9.17) is 9.47 Å². The molecule has 8 heteroatoms. The van der Waals surface area contributed by atoms with Crippen molar-refractivity contribution >= 4 is 15.9 Å². The van der Waals surface area contributed by atoms with Crippen LogP contribution in [-0.2, 0) is 19.6 Å². The van der Waals surface area contributed by atoms with Gasteiger partial charge in [0, 0.05) is 32.7 Å². The van der Waals surface area contributed by atoms with Gasteiger partial charge in [-0.1, -0.05) is 0 Å². The second kappa shape index (κ2) is 9.17. The largest absolute Gasteiger partial charge is 0.494 e. The molecule has 1 aromatic rings. The summed E-state index contributed by atoms with van der Waals surface area (Å²) in [5.41, 5.74) is 0. The minimum atomic E-state index is -3.54. The molecule has 140 valence electrons. The van der Waals surface area contributed by atoms with Crippen LogP contribution >= 0.6 is 0 Å². The Labute approximate surface area is 149 Å². The standard InChI is InChI=1S/C17H26N2O5S/c1-3-24-15-4-6-16(7-5-15)25(21,22)19-11-8-14(9-12-19)17(20)18-10-13-23-2/h4-7,14H,3,8-13H2,1-2H3,(H,18,20). The van der Waals surface area contributed by atoms with Crippen LogP contribution in [0.4, 0.5) is 0 Å². The predicted molar refractivity (Wildman–Crippen MR) is 94.0 cm³/mol. The third-order valence-electron chi connectivity index (χ3n) is 4.20. The molecule has 0 aliphatic carbocycles. The molecule has 1 fully saturated rings. The van der Waals surface area contributed by atoms with Gasteiger partial charge in [-0.3, -0.25) is 4.79 Å². The molecule has 0 aromatic heterocycles. The van der Waals surface area contributed by atoms with Crippen molar-refractivity contribution in [3.8, 4) is 5.75 Å². The number of ether oxygens (including phenoxy) is 2. The lowest BCUT2D eigenvalue weighted by Crippen LogP contribution is -2.43. The third-order valence-corrected chi connectivity index (χ3v) is 6.12. The van der Waals surface area contributed by atoms with Gasteiger partial charge in [-0.15, -0.1) is 0 Å². The van der Waals surface area contributed by atoms with E-state index in [-0.39, 0.29) is 16.7 Å². The molecule has 1 amide bonds. The maximum atomic E-state index is 12.7. The average Bonchev–Trinajstić information content (AvgIpc) is 2.63. The molecular weight excluding hydrogens is 344 g/mol. The highest BCUT2D eigenvalue weighted by atomic mass is 32.2. The highest BCUT2D eigenvalue weighted by Gasteiger charge is 2.31. The monoisotopic (exact) mass is 370 g/mol. The van der Waals surface area contributed by atoms with Gasteiger partial charge in [0.05, 0.1) is 18.1 Å². The number of amides is 1. The normalized spacial score (nSPS) is 16.6. The Morgan fingerprint density at radius 3 is 2.44 bits per heavy atom. The molecule has 1 saturated heterocycles. The zero-order chi connectivity index (χ0) is 18.3. The van der Waals surface area contributed by atoms with Crippen molar-refractivity contribution in [3.05, 3.63) is 24.3 Å². The molecule has 25 heavy (non-hydrogen) atoms. The lowest BCUT2D eigenvalue weighted by molar-refractivity contribution is -0.126. The van der Waals surface area contributed by atoms with Crippen molar-refractivity contribution in [2.24, 2.45) is 5.92 Å². The van der Waals surface area contributed by atoms with Crippen molar-refractivity contribution in [1.82, 2.24) is 9.62 Å². The van der Waals surface area contributed by atoms with Gasteiger partial charge in [-0.2, -0.15) is 4.31 Å². The van der Waals surface area contributed by atoms with E-state index >= 15 is 0 Å². The summed E-state index contributed by atoms with van der Waals surface area (Å²) in [6, 6.07) is 6.44. The zero-order valence-corrected chi connectivity index (χ0v) is 15.5. The lowest BCUT2D eigenvalue weighted by Gasteiger charge is -2.30. The first-order valence-electron chi connectivity index (χ1n) is 8.48. The summed E-state index contributed by atoms with van der Waals surface area (Å²) in [4.78, 5) is 12.3. The van der Waals surface area contributed by atoms with Gasteiger partial charge >= 0.3 is 0 Å². The van der Waals surface area contributed by atoms with Gasteiger partial charge in [0.1, 0.15) is 5.75 Å². The molecule has 1 N–H and O–H groups in total. The van der Waals surface area contributed by atoms with Crippen LogP contribution in [0.15, 0.2) is 29.2 Å². The number of piperidine rings is 1. The molecule has 7 nitrogen and oxygen atoms in total. The summed E-state index contributed by atoms with van der Waals surface area (Å²) in [5, 5.41) is 2.81. The van der Waals surface area contributed by atoms with Crippen molar-refractivity contribution in [2.75, 3.05) is 40.0 Å². The van der Waals surface area contributed by atoms with Crippen LogP contribution in [0, 0.1) is 5.92 Å². The molecule has 1 aliphatic heterocycles. The third kappa shape index (κ3) is 5.17. The van der Waals surface area contributed by atoms with Gasteiger partial charge < -0.3 is 14.8 Å². The number of benzene rings is 1. The SMILES string of the molecule is CCOc1ccc(S(=O)(=O)N2CCC(C(=O)NCCOC)CC2)cc1. The van der Waals surface area contributed by atoms with E-state index in [2.05, 4.69) is 5.32 Å². The molecule has 1 heterocycles. The van der Waals surface area contributed by atoms with Crippen LogP contribution in [0.2, 0.25) is 0 Å². The highest BCUT2D eigenvalue weighted by molar-refractivity contribution is 7.89. The van der Waals surface area contributed by atoms with E-state index in [9.17, 15) is 13.2 Å². The molecule has 0 spiro atoms. The van der Waals surface area contributed by atoms with Crippen LogP contribution in [0.3, 0.4) is 0 Å². The summed E-state index contributed by atoms with van der Waals surface area (Å²) in [5.74, 6) is 0.465. The quantitative estimate of drug-likeness (QED) is 0.696. The molecule has 0 bridgehead atoms. The van der Waals surface area contributed by atoms with Gasteiger partial charge in [0.25, 0.3) is 0 Å². The fourth-order valence-corrected chi connectivity index (χ4v) is 4.27. The zero-order valence-electron chi connectivity index (χ0n) is 14.7. The van der Waals surface area contributed by atoms with Crippen molar-refractivity contribution in [3.63, 3.8) is 0 Å². The van der Waals surface area contributed by atoms with Crippen LogP contribution in [0.1, 0.15) is 19.8 Å². The smallest absolute Gasteiger partial charge is 0.243 e. The van der Waals surface area contributed by atoms with Crippen LogP contribution in [0.5, 0.6) is 5.75 Å². The number of nitrogens with one attached hydrogen (secondary N) is 1. The molecule has 2 rings (SSSR count). The Bertz CT molecular complexity index is 652. The van der Waals surface area contributed by atoms with Crippen LogP contribution < -0.4 is 10.1 Å². The van der Waals surface area contributed by atoms with Gasteiger partial charge in [0.15, 0.2) is 0 Å². The Kier molecular flexibility index (Phi) is 7.22. The van der Waals surface area contributed by atoms with Gasteiger partial charge in [-0.25, -0.2) is 8.42 Å². The van der Waals surface area contributed by atoms with Gasteiger partial charge in [-0.05, 0) is 44.0 Å². The van der Waals surface area contributed by atoms with E-state index in [0.717, 1.165) is 0 Å². The summed E-state index contributed by atoms with van der Waals surface area (Å²) in [7, 11) is -1.96. The number of hydrogen-bond donors (Lipinski definition) is 1. The topological polar surface area (TPSA) is 84.9 Å². The number of carbonyl (C=O) groups excluding carboxylic acids is 1. The maximum absolute atomic E-state index is 12.7. The summed E-state index contributed by atoms with van der Waals surface area (Å²) in [6.45, 7) is 4.04. The van der Waals surface area contributed by atoms with Crippen molar-refractivity contribution < 1.29 is 22.7 Å². The predicted octanol–water partition coefficient (Wildman–Crippen LogP) is 1.25. The van der Waals surface area contributed by atoms with E-state index in [1.54, 1.807) is 31.4 Å². The first-order chi connectivity index (χ1) is 12.0. The summed E-state index contributed by atoms with van der Waals surface area (Å²) >= 11 is 0. The lowest BCUT2D eigenvalue weighted by atomic mass is 9.97. The Morgan fingerprint density at radius 2 is 1.88 bits per heavy atom. The molecule has 0 atom stereocenters. The number of hydrogen-bond acceptors (Lipinski definition) is 5. The van der Waals surface area contributed by atoms with E-state index in [1.807, 2.05) is 6.92 Å². The fourth-order valence-electron chi connectivity index (χ4n) is 2.80. The van der Waals surface area contributed by atoms with E-state index in [1.165, 1.54) is 4.31 Å². The maximum Gasteiger partial charge on any atom is 0.243 e. The molecule has 1 aliphatic rings. The number of rotatable bonds is 8. The molecule has 0 radical (unpaired) electrons. The minimum absolute atomic E-state index is 0.0323. The first-order valence-corrected chi connectivity index (χ1v) is 9.92.